The molecule has 0 atom stereocenters. The van der Waals surface area contributed by atoms with E-state index >= 15 is 0 Å². The van der Waals surface area contributed by atoms with Gasteiger partial charge in [0.25, 0.3) is 0 Å². The molecular weight excluding hydrogens is 469 g/mol. The standard InChI is InChI=1S/C20H41N5O2.HI/c1-7-21-17(22-12-8-9-13-25-14-10-11-15-25)23-16-20(5,6)24-18(26)27-19(2,3)4;/h7-16H2,1-6H3,(H,24,26)(H2,21,22,23);1H. The Hall–Kier alpha value is -0.770. The average Bonchev–Trinajstić information content (AvgIpc) is 3.03. The summed E-state index contributed by atoms with van der Waals surface area (Å²) >= 11 is 0. The van der Waals surface area contributed by atoms with Crippen LogP contribution in [0.5, 0.6) is 0 Å². The van der Waals surface area contributed by atoms with E-state index in [9.17, 15) is 4.79 Å². The van der Waals surface area contributed by atoms with Crippen LogP contribution in [-0.4, -0.2) is 67.4 Å². The van der Waals surface area contributed by atoms with Crippen LogP contribution in [-0.2, 0) is 4.74 Å². The topological polar surface area (TPSA) is 78.0 Å². The van der Waals surface area contributed by atoms with Gasteiger partial charge in [-0.15, -0.1) is 24.0 Å². The van der Waals surface area contributed by atoms with E-state index in [0.29, 0.717) is 6.54 Å². The van der Waals surface area contributed by atoms with Gasteiger partial charge in [-0.2, -0.15) is 0 Å². The zero-order valence-electron chi connectivity index (χ0n) is 18.7. The van der Waals surface area contributed by atoms with E-state index < -0.39 is 17.2 Å². The van der Waals surface area contributed by atoms with Gasteiger partial charge < -0.3 is 25.6 Å². The Labute approximate surface area is 188 Å². The fourth-order valence-electron chi connectivity index (χ4n) is 2.91. The van der Waals surface area contributed by atoms with E-state index in [-0.39, 0.29) is 24.0 Å². The van der Waals surface area contributed by atoms with Gasteiger partial charge in [0.15, 0.2) is 5.96 Å². The van der Waals surface area contributed by atoms with Gasteiger partial charge in [-0.3, -0.25) is 4.99 Å². The summed E-state index contributed by atoms with van der Waals surface area (Å²) in [5, 5.41) is 9.54. The number of alkyl carbamates (subject to hydrolysis) is 1. The Morgan fingerprint density at radius 3 is 2.29 bits per heavy atom. The molecule has 1 heterocycles. The lowest BCUT2D eigenvalue weighted by Crippen LogP contribution is -2.49. The second-order valence-electron chi connectivity index (χ2n) is 8.89. The lowest BCUT2D eigenvalue weighted by Gasteiger charge is -2.27. The van der Waals surface area contributed by atoms with E-state index in [4.69, 9.17) is 4.74 Å². The van der Waals surface area contributed by atoms with E-state index in [1.807, 2.05) is 34.6 Å². The molecule has 0 aromatic heterocycles. The molecule has 1 aliphatic heterocycles. The number of rotatable bonds is 9. The second kappa shape index (κ2) is 13.5. The summed E-state index contributed by atoms with van der Waals surface area (Å²) in [6.07, 6.45) is 4.62. The fourth-order valence-corrected chi connectivity index (χ4v) is 2.91. The molecule has 3 N–H and O–H groups in total. The average molecular weight is 511 g/mol. The van der Waals surface area contributed by atoms with Crippen molar-refractivity contribution in [1.29, 1.82) is 0 Å². The molecule has 0 aromatic carbocycles. The number of nitrogens with one attached hydrogen (secondary N) is 3. The molecule has 7 nitrogen and oxygen atoms in total. The lowest BCUT2D eigenvalue weighted by atomic mass is 10.1. The number of aliphatic imine (C=N–C) groups is 1. The SMILES string of the molecule is CCNC(=NCC(C)(C)NC(=O)OC(C)(C)C)NCCCCN1CCCC1.I. The van der Waals surface area contributed by atoms with Gasteiger partial charge in [-0.05, 0) is 86.9 Å². The van der Waals surface area contributed by atoms with Crippen LogP contribution < -0.4 is 16.0 Å². The van der Waals surface area contributed by atoms with Crippen molar-refractivity contribution in [2.24, 2.45) is 4.99 Å². The summed E-state index contributed by atoms with van der Waals surface area (Å²) in [4.78, 5) is 19.1. The number of likely N-dealkylation sites (tertiary alicyclic amines) is 1. The third-order valence-electron chi connectivity index (χ3n) is 4.21. The van der Waals surface area contributed by atoms with Crippen LogP contribution in [0.1, 0.15) is 67.2 Å². The minimum absolute atomic E-state index is 0. The number of guanidine groups is 1. The van der Waals surface area contributed by atoms with Crippen LogP contribution in [0.4, 0.5) is 4.79 Å². The van der Waals surface area contributed by atoms with Gasteiger partial charge >= 0.3 is 6.09 Å². The van der Waals surface area contributed by atoms with Gasteiger partial charge in [0, 0.05) is 13.1 Å². The molecule has 0 spiro atoms. The molecule has 1 rings (SSSR count). The van der Waals surface area contributed by atoms with Gasteiger partial charge in [0.2, 0.25) is 0 Å². The van der Waals surface area contributed by atoms with Gasteiger partial charge in [-0.25, -0.2) is 4.79 Å². The molecule has 0 bridgehead atoms. The van der Waals surface area contributed by atoms with E-state index in [2.05, 4.69) is 32.8 Å². The molecule has 1 amide bonds. The highest BCUT2D eigenvalue weighted by Gasteiger charge is 2.24. The molecule has 0 aliphatic carbocycles. The minimum Gasteiger partial charge on any atom is -0.444 e. The predicted molar refractivity (Wildman–Crippen MR) is 128 cm³/mol. The van der Waals surface area contributed by atoms with Crippen molar-refractivity contribution in [2.45, 2.75) is 78.4 Å². The zero-order valence-corrected chi connectivity index (χ0v) is 21.0. The highest BCUT2D eigenvalue weighted by Crippen LogP contribution is 2.10. The number of nitrogens with zero attached hydrogens (tertiary/aromatic N) is 2. The first-order chi connectivity index (χ1) is 12.6. The zero-order chi connectivity index (χ0) is 20.3. The van der Waals surface area contributed by atoms with Crippen LogP contribution in [0.25, 0.3) is 0 Å². The largest absolute Gasteiger partial charge is 0.444 e. The Morgan fingerprint density at radius 2 is 1.71 bits per heavy atom. The Bertz CT molecular complexity index is 472. The van der Waals surface area contributed by atoms with E-state index in [1.165, 1.54) is 38.9 Å². The summed E-state index contributed by atoms with van der Waals surface area (Å²) in [6, 6.07) is 0. The fraction of sp³-hybridized carbons (Fsp3) is 0.900. The van der Waals surface area contributed by atoms with Crippen molar-refractivity contribution >= 4 is 36.0 Å². The number of ether oxygens (including phenoxy) is 1. The molecule has 0 unspecified atom stereocenters. The number of amides is 1. The number of unbranched alkanes of at least 4 members (excludes halogenated alkanes) is 1. The molecule has 0 radical (unpaired) electrons. The van der Waals surface area contributed by atoms with Crippen molar-refractivity contribution in [3.8, 4) is 0 Å². The smallest absolute Gasteiger partial charge is 0.408 e. The van der Waals surface area contributed by atoms with Crippen LogP contribution in [0.2, 0.25) is 0 Å². The maximum absolute atomic E-state index is 12.0. The number of carbonyl (C=O) groups excluding carboxylic acids is 1. The summed E-state index contributed by atoms with van der Waals surface area (Å²) in [7, 11) is 0. The first kappa shape index (κ1) is 27.2. The molecule has 0 aromatic rings. The maximum atomic E-state index is 12.0. The Balaban J connectivity index is 0.00000729. The molecule has 166 valence electrons. The first-order valence-corrected chi connectivity index (χ1v) is 10.4. The molecule has 28 heavy (non-hydrogen) atoms. The molecule has 8 heteroatoms. The Morgan fingerprint density at radius 1 is 1.07 bits per heavy atom. The molecule has 1 saturated heterocycles. The van der Waals surface area contributed by atoms with Crippen LogP contribution in [0.3, 0.4) is 0 Å². The number of halogens is 1. The molecule has 1 fully saturated rings. The van der Waals surface area contributed by atoms with Crippen molar-refractivity contribution in [2.75, 3.05) is 39.3 Å². The molecular formula is C20H42IN5O2. The summed E-state index contributed by atoms with van der Waals surface area (Å²) in [5.74, 6) is 0.790. The summed E-state index contributed by atoms with van der Waals surface area (Å²) in [6.45, 7) is 17.4. The van der Waals surface area contributed by atoms with Crippen molar-refractivity contribution in [1.82, 2.24) is 20.9 Å². The quantitative estimate of drug-likeness (QED) is 0.192. The van der Waals surface area contributed by atoms with Gasteiger partial charge in [0.05, 0.1) is 12.1 Å². The second-order valence-corrected chi connectivity index (χ2v) is 8.89. The van der Waals surface area contributed by atoms with Crippen molar-refractivity contribution in [3.63, 3.8) is 0 Å². The van der Waals surface area contributed by atoms with Gasteiger partial charge in [-0.1, -0.05) is 0 Å². The van der Waals surface area contributed by atoms with Crippen LogP contribution >= 0.6 is 24.0 Å². The highest BCUT2D eigenvalue weighted by molar-refractivity contribution is 14.0. The third-order valence-corrected chi connectivity index (χ3v) is 4.21. The maximum Gasteiger partial charge on any atom is 0.408 e. The molecule has 1 aliphatic rings. The first-order valence-electron chi connectivity index (χ1n) is 10.4. The number of hydrogen-bond acceptors (Lipinski definition) is 4. The summed E-state index contributed by atoms with van der Waals surface area (Å²) in [5.41, 5.74) is -0.991. The number of carbonyl (C=O) groups is 1. The Kier molecular flexibility index (Phi) is 13.1. The predicted octanol–water partition coefficient (Wildman–Crippen LogP) is 3.34. The van der Waals surface area contributed by atoms with Crippen LogP contribution in [0.15, 0.2) is 4.99 Å². The highest BCUT2D eigenvalue weighted by atomic mass is 127. The monoisotopic (exact) mass is 511 g/mol. The van der Waals surface area contributed by atoms with Crippen molar-refractivity contribution < 1.29 is 9.53 Å². The molecule has 0 saturated carbocycles. The minimum atomic E-state index is -0.505. The van der Waals surface area contributed by atoms with E-state index in [0.717, 1.165) is 25.5 Å². The third kappa shape index (κ3) is 13.4. The lowest BCUT2D eigenvalue weighted by molar-refractivity contribution is 0.0476. The van der Waals surface area contributed by atoms with Gasteiger partial charge in [0.1, 0.15) is 5.60 Å². The number of hydrogen-bond donors (Lipinski definition) is 3. The van der Waals surface area contributed by atoms with Crippen LogP contribution in [0, 0.1) is 0 Å². The summed E-state index contributed by atoms with van der Waals surface area (Å²) < 4.78 is 5.33. The normalized spacial score (nSPS) is 15.7. The van der Waals surface area contributed by atoms with Crippen molar-refractivity contribution in [3.05, 3.63) is 0 Å². The van der Waals surface area contributed by atoms with E-state index in [1.54, 1.807) is 0 Å².